The van der Waals surface area contributed by atoms with Gasteiger partial charge in [0, 0.05) is 10.9 Å². The average Bonchev–Trinajstić information content (AvgIpc) is 2.54. The standard InChI is InChI=1S/C18H16F3N3/c1-10(12-7-5-8-14(16(12)19)17(20)21)22-18-13-6-3-4-9-15(13)23-11(2)24-18/h3-10,17H,1-2H3,(H,22,23,24)/t10-/m1/s1. The van der Waals surface area contributed by atoms with E-state index in [1.165, 1.54) is 12.1 Å². The van der Waals surface area contributed by atoms with E-state index in [9.17, 15) is 13.2 Å². The van der Waals surface area contributed by atoms with Crippen LogP contribution in [0, 0.1) is 12.7 Å². The summed E-state index contributed by atoms with van der Waals surface area (Å²) in [5, 5.41) is 3.90. The second-order valence-electron chi connectivity index (χ2n) is 5.55. The number of hydrogen-bond acceptors (Lipinski definition) is 3. The average molecular weight is 331 g/mol. The molecule has 6 heteroatoms. The van der Waals surface area contributed by atoms with E-state index in [1.807, 2.05) is 24.3 Å². The van der Waals surface area contributed by atoms with Crippen LogP contribution in [0.25, 0.3) is 10.9 Å². The molecule has 1 N–H and O–H groups in total. The highest BCUT2D eigenvalue weighted by Crippen LogP contribution is 2.30. The number of alkyl halides is 2. The maximum Gasteiger partial charge on any atom is 0.266 e. The van der Waals surface area contributed by atoms with Gasteiger partial charge in [-0.15, -0.1) is 0 Å². The van der Waals surface area contributed by atoms with Gasteiger partial charge in [-0.25, -0.2) is 23.1 Å². The number of aryl methyl sites for hydroxylation is 1. The highest BCUT2D eigenvalue weighted by molar-refractivity contribution is 5.89. The Bertz CT molecular complexity index is 881. The lowest BCUT2D eigenvalue weighted by molar-refractivity contribution is 0.146. The van der Waals surface area contributed by atoms with E-state index in [2.05, 4.69) is 15.3 Å². The zero-order valence-electron chi connectivity index (χ0n) is 13.2. The Morgan fingerprint density at radius 1 is 0.958 bits per heavy atom. The third-order valence-corrected chi connectivity index (χ3v) is 3.83. The van der Waals surface area contributed by atoms with Crippen LogP contribution in [0.4, 0.5) is 19.0 Å². The van der Waals surface area contributed by atoms with Crippen molar-refractivity contribution in [1.29, 1.82) is 0 Å². The maximum absolute atomic E-state index is 14.3. The lowest BCUT2D eigenvalue weighted by Crippen LogP contribution is -2.12. The third kappa shape index (κ3) is 3.04. The molecule has 3 nitrogen and oxygen atoms in total. The van der Waals surface area contributed by atoms with E-state index in [1.54, 1.807) is 13.8 Å². The van der Waals surface area contributed by atoms with Crippen LogP contribution >= 0.6 is 0 Å². The molecule has 0 saturated heterocycles. The van der Waals surface area contributed by atoms with Crippen LogP contribution < -0.4 is 5.32 Å². The molecule has 0 fully saturated rings. The van der Waals surface area contributed by atoms with Crippen molar-refractivity contribution in [1.82, 2.24) is 9.97 Å². The van der Waals surface area contributed by atoms with Gasteiger partial charge in [-0.2, -0.15) is 0 Å². The summed E-state index contributed by atoms with van der Waals surface area (Å²) in [7, 11) is 0. The molecule has 1 atom stereocenters. The molecule has 0 aliphatic heterocycles. The smallest absolute Gasteiger partial charge is 0.266 e. The molecule has 0 radical (unpaired) electrons. The number of nitrogens with zero attached hydrogens (tertiary/aromatic N) is 2. The lowest BCUT2D eigenvalue weighted by atomic mass is 10.0. The van der Waals surface area contributed by atoms with Gasteiger partial charge in [-0.05, 0) is 26.0 Å². The summed E-state index contributed by atoms with van der Waals surface area (Å²) in [6.07, 6.45) is -2.85. The minimum atomic E-state index is -2.85. The van der Waals surface area contributed by atoms with Crippen LogP contribution in [0.15, 0.2) is 42.5 Å². The summed E-state index contributed by atoms with van der Waals surface area (Å²) < 4.78 is 40.1. The van der Waals surface area contributed by atoms with Gasteiger partial charge in [-0.1, -0.05) is 30.3 Å². The van der Waals surface area contributed by atoms with E-state index in [0.29, 0.717) is 11.6 Å². The molecule has 1 heterocycles. The summed E-state index contributed by atoms with van der Waals surface area (Å²) >= 11 is 0. The Labute approximate surface area is 137 Å². The topological polar surface area (TPSA) is 37.8 Å². The van der Waals surface area contributed by atoms with Crippen LogP contribution in [0.3, 0.4) is 0 Å². The molecular weight excluding hydrogens is 315 g/mol. The van der Waals surface area contributed by atoms with Crippen molar-refractivity contribution in [2.45, 2.75) is 26.3 Å². The number of fused-ring (bicyclic) bond motifs is 1. The molecule has 124 valence electrons. The monoisotopic (exact) mass is 331 g/mol. The Morgan fingerprint density at radius 2 is 1.67 bits per heavy atom. The van der Waals surface area contributed by atoms with E-state index >= 15 is 0 Å². The summed E-state index contributed by atoms with van der Waals surface area (Å²) in [5.74, 6) is 0.236. The summed E-state index contributed by atoms with van der Waals surface area (Å²) in [5.41, 5.74) is 0.347. The van der Waals surface area contributed by atoms with Crippen molar-refractivity contribution in [3.05, 3.63) is 65.2 Å². The molecule has 0 aliphatic carbocycles. The second-order valence-corrected chi connectivity index (χ2v) is 5.55. The molecule has 2 aromatic carbocycles. The third-order valence-electron chi connectivity index (χ3n) is 3.83. The largest absolute Gasteiger partial charge is 0.363 e. The van der Waals surface area contributed by atoms with Gasteiger partial charge in [0.05, 0.1) is 17.1 Å². The first kappa shape index (κ1) is 16.2. The molecule has 3 rings (SSSR count). The van der Waals surface area contributed by atoms with Crippen molar-refractivity contribution >= 4 is 16.7 Å². The summed E-state index contributed by atoms with van der Waals surface area (Å²) in [6, 6.07) is 10.9. The van der Waals surface area contributed by atoms with Crippen molar-refractivity contribution in [3.63, 3.8) is 0 Å². The number of benzene rings is 2. The highest BCUT2D eigenvalue weighted by atomic mass is 19.3. The number of halogens is 3. The van der Waals surface area contributed by atoms with E-state index < -0.39 is 23.8 Å². The fourth-order valence-corrected chi connectivity index (χ4v) is 2.66. The SMILES string of the molecule is Cc1nc(N[C@H](C)c2cccc(C(F)F)c2F)c2ccccc2n1. The van der Waals surface area contributed by atoms with Crippen molar-refractivity contribution in [3.8, 4) is 0 Å². The van der Waals surface area contributed by atoms with Crippen LogP contribution in [0.2, 0.25) is 0 Å². The number of rotatable bonds is 4. The number of nitrogens with one attached hydrogen (secondary N) is 1. The quantitative estimate of drug-likeness (QED) is 0.715. The van der Waals surface area contributed by atoms with E-state index in [-0.39, 0.29) is 5.56 Å². The van der Waals surface area contributed by atoms with Gasteiger partial charge in [0.15, 0.2) is 0 Å². The molecule has 0 bridgehead atoms. The Hall–Kier alpha value is -2.63. The summed E-state index contributed by atoms with van der Waals surface area (Å²) in [6.45, 7) is 3.47. The van der Waals surface area contributed by atoms with Crippen LogP contribution in [-0.4, -0.2) is 9.97 Å². The van der Waals surface area contributed by atoms with Crippen LogP contribution in [0.5, 0.6) is 0 Å². The van der Waals surface area contributed by atoms with Gasteiger partial charge in [0.25, 0.3) is 6.43 Å². The van der Waals surface area contributed by atoms with Crippen molar-refractivity contribution < 1.29 is 13.2 Å². The number of aromatic nitrogens is 2. The molecule has 0 spiro atoms. The van der Waals surface area contributed by atoms with Crippen molar-refractivity contribution in [2.24, 2.45) is 0 Å². The minimum Gasteiger partial charge on any atom is -0.363 e. The number of hydrogen-bond donors (Lipinski definition) is 1. The molecular formula is C18H16F3N3. The second kappa shape index (κ2) is 6.47. The highest BCUT2D eigenvalue weighted by Gasteiger charge is 2.20. The molecule has 3 aromatic rings. The van der Waals surface area contributed by atoms with E-state index in [4.69, 9.17) is 0 Å². The fraction of sp³-hybridized carbons (Fsp3) is 0.222. The lowest BCUT2D eigenvalue weighted by Gasteiger charge is -2.18. The maximum atomic E-state index is 14.3. The molecule has 24 heavy (non-hydrogen) atoms. The van der Waals surface area contributed by atoms with Gasteiger partial charge < -0.3 is 5.32 Å². The van der Waals surface area contributed by atoms with Gasteiger partial charge in [-0.3, -0.25) is 0 Å². The molecule has 0 aliphatic rings. The molecule has 0 unspecified atom stereocenters. The van der Waals surface area contributed by atoms with Gasteiger partial charge in [0.1, 0.15) is 17.5 Å². The molecule has 1 aromatic heterocycles. The van der Waals surface area contributed by atoms with Gasteiger partial charge in [0.2, 0.25) is 0 Å². The van der Waals surface area contributed by atoms with Gasteiger partial charge >= 0.3 is 0 Å². The minimum absolute atomic E-state index is 0.174. The first-order valence-corrected chi connectivity index (χ1v) is 7.53. The zero-order valence-corrected chi connectivity index (χ0v) is 13.2. The first-order valence-electron chi connectivity index (χ1n) is 7.53. The number of para-hydroxylation sites is 1. The predicted octanol–water partition coefficient (Wildman–Crippen LogP) is 5.19. The van der Waals surface area contributed by atoms with Crippen LogP contribution in [-0.2, 0) is 0 Å². The van der Waals surface area contributed by atoms with Crippen LogP contribution in [0.1, 0.15) is 36.3 Å². The molecule has 0 saturated carbocycles. The Kier molecular flexibility index (Phi) is 4.38. The predicted molar refractivity (Wildman–Crippen MR) is 87.7 cm³/mol. The first-order chi connectivity index (χ1) is 11.5. The zero-order chi connectivity index (χ0) is 17.3. The number of anilines is 1. The molecule has 0 amide bonds. The normalized spacial score (nSPS) is 12.6. The fourth-order valence-electron chi connectivity index (χ4n) is 2.66. The Balaban J connectivity index is 1.99. The van der Waals surface area contributed by atoms with E-state index in [0.717, 1.165) is 17.0 Å². The van der Waals surface area contributed by atoms with Crippen molar-refractivity contribution in [2.75, 3.05) is 5.32 Å². The Morgan fingerprint density at radius 3 is 2.42 bits per heavy atom. The summed E-state index contributed by atoms with van der Waals surface area (Å²) in [4.78, 5) is 8.71.